The Hall–Kier alpha value is -4.58. The number of nitrogens with one attached hydrogen (secondary N) is 1. The van der Waals surface area contributed by atoms with Crippen LogP contribution in [0.5, 0.6) is 11.5 Å². The second-order valence-electron chi connectivity index (χ2n) is 15.0. The first kappa shape index (κ1) is 31.2. The lowest BCUT2D eigenvalue weighted by atomic mass is 9.75. The summed E-state index contributed by atoms with van der Waals surface area (Å²) in [5, 5.41) is 15.1. The number of aryl methyl sites for hydroxylation is 2. The molecule has 2 aromatic heterocycles. The number of H-pyrrole nitrogens is 1. The van der Waals surface area contributed by atoms with Crippen molar-refractivity contribution in [2.45, 2.75) is 71.1 Å². The Balaban J connectivity index is 1.41. The van der Waals surface area contributed by atoms with E-state index in [2.05, 4.69) is 10.1 Å². The molecule has 0 radical (unpaired) electrons. The van der Waals surface area contributed by atoms with E-state index in [-0.39, 0.29) is 65.9 Å². The zero-order valence-electron chi connectivity index (χ0n) is 31.7. The monoisotopic (exact) mass is 719 g/mol. The second-order valence-corrected chi connectivity index (χ2v) is 17.1. The lowest BCUT2D eigenvalue weighted by molar-refractivity contribution is -0.143. The van der Waals surface area contributed by atoms with E-state index in [1.165, 1.54) is 29.9 Å². The van der Waals surface area contributed by atoms with Crippen LogP contribution in [0, 0.1) is 22.5 Å². The number of benzene rings is 3. The molecular formula is C39H42F2N4O5S. The molecule has 5 aromatic rings. The molecule has 1 aliphatic heterocycles. The highest BCUT2D eigenvalue weighted by Gasteiger charge is 2.50. The van der Waals surface area contributed by atoms with Gasteiger partial charge in [0.25, 0.3) is 0 Å². The minimum atomic E-state index is -3.73. The summed E-state index contributed by atoms with van der Waals surface area (Å²) < 4.78 is 93.5. The van der Waals surface area contributed by atoms with Gasteiger partial charge >= 0.3 is 5.97 Å². The van der Waals surface area contributed by atoms with Crippen LogP contribution < -0.4 is 4.74 Å². The molecule has 12 heteroatoms. The first-order chi connectivity index (χ1) is 25.3. The number of aromatic amines is 1. The Morgan fingerprint density at radius 3 is 2.63 bits per heavy atom. The molecule has 1 saturated carbocycles. The van der Waals surface area contributed by atoms with E-state index in [1.54, 1.807) is 36.5 Å². The van der Waals surface area contributed by atoms with Gasteiger partial charge in [-0.05, 0) is 86.2 Å². The summed E-state index contributed by atoms with van der Waals surface area (Å²) in [7, 11) is -2.21. The second kappa shape index (κ2) is 12.6. The maximum atomic E-state index is 15.8. The molecule has 7 rings (SSSR count). The summed E-state index contributed by atoms with van der Waals surface area (Å²) in [5.41, 5.74) is -1.81. The number of sulfone groups is 1. The summed E-state index contributed by atoms with van der Waals surface area (Å²) in [4.78, 5) is 19.8. The minimum absolute atomic E-state index is 0.00913. The molecule has 1 fully saturated rings. The number of fused-ring (bicyclic) bond motifs is 8. The van der Waals surface area contributed by atoms with Crippen molar-refractivity contribution in [3.63, 3.8) is 0 Å². The van der Waals surface area contributed by atoms with Crippen molar-refractivity contribution in [2.75, 3.05) is 11.5 Å². The predicted octanol–water partition coefficient (Wildman–Crippen LogP) is 7.91. The molecule has 2 N–H and O–H groups in total. The van der Waals surface area contributed by atoms with Crippen molar-refractivity contribution in [3.8, 4) is 22.9 Å². The Morgan fingerprint density at radius 2 is 1.88 bits per heavy atom. The summed E-state index contributed by atoms with van der Waals surface area (Å²) >= 11 is 0. The van der Waals surface area contributed by atoms with Crippen molar-refractivity contribution < 1.29 is 35.9 Å². The van der Waals surface area contributed by atoms with E-state index in [1.807, 2.05) is 13.8 Å². The van der Waals surface area contributed by atoms with Gasteiger partial charge in [0, 0.05) is 39.9 Å². The fourth-order valence-electron chi connectivity index (χ4n) is 7.41. The largest absolute Gasteiger partial charge is 0.481 e. The van der Waals surface area contributed by atoms with Crippen molar-refractivity contribution >= 4 is 26.7 Å². The van der Waals surface area contributed by atoms with Crippen molar-refractivity contribution in [1.82, 2.24) is 19.7 Å². The molecule has 0 saturated heterocycles. The number of ether oxygens (including phenoxy) is 1. The number of carboxylic acids is 1. The molecule has 0 amide bonds. The fourth-order valence-corrected chi connectivity index (χ4v) is 9.40. The first-order valence-electron chi connectivity index (χ1n) is 18.5. The smallest absolute Gasteiger partial charge is 0.309 e. The van der Waals surface area contributed by atoms with Crippen molar-refractivity contribution in [2.24, 2.45) is 17.9 Å². The van der Waals surface area contributed by atoms with Gasteiger partial charge in [0.05, 0.1) is 27.9 Å². The normalized spacial score (nSPS) is 22.3. The highest BCUT2D eigenvalue weighted by atomic mass is 32.2. The van der Waals surface area contributed by atoms with Gasteiger partial charge in [-0.15, -0.1) is 0 Å². The van der Waals surface area contributed by atoms with Crippen LogP contribution in [-0.4, -0.2) is 50.7 Å². The molecule has 51 heavy (non-hydrogen) atoms. The third kappa shape index (κ3) is 6.78. The lowest BCUT2D eigenvalue weighted by Crippen LogP contribution is -2.29. The van der Waals surface area contributed by atoms with Crippen LogP contribution in [0.1, 0.15) is 79.4 Å². The van der Waals surface area contributed by atoms with Crippen LogP contribution in [0.15, 0.2) is 60.8 Å². The van der Waals surface area contributed by atoms with Gasteiger partial charge in [-0.3, -0.25) is 4.79 Å². The van der Waals surface area contributed by atoms with E-state index >= 15 is 8.78 Å². The third-order valence-corrected chi connectivity index (χ3v) is 12.4. The van der Waals surface area contributed by atoms with Crippen LogP contribution >= 0.6 is 0 Å². The Labute approximate surface area is 300 Å². The van der Waals surface area contributed by atoms with Crippen molar-refractivity contribution in [3.05, 3.63) is 94.9 Å². The molecule has 4 bridgehead atoms. The van der Waals surface area contributed by atoms with E-state index in [9.17, 15) is 18.3 Å². The van der Waals surface area contributed by atoms with Gasteiger partial charge in [-0.1, -0.05) is 44.5 Å². The zero-order chi connectivity index (χ0) is 38.8. The third-order valence-electron chi connectivity index (χ3n) is 10.4. The number of aromatic nitrogens is 4. The summed E-state index contributed by atoms with van der Waals surface area (Å²) in [6, 6.07) is 13.6. The first-order valence-corrected chi connectivity index (χ1v) is 18.9. The van der Waals surface area contributed by atoms with E-state index < -0.39 is 50.5 Å². The summed E-state index contributed by atoms with van der Waals surface area (Å²) in [6.07, 6.45) is 3.38. The zero-order valence-corrected chi connectivity index (χ0v) is 29.5. The molecule has 9 nitrogen and oxygen atoms in total. The van der Waals surface area contributed by atoms with E-state index in [0.29, 0.717) is 46.9 Å². The van der Waals surface area contributed by atoms with Gasteiger partial charge < -0.3 is 14.8 Å². The Morgan fingerprint density at radius 1 is 1.08 bits per heavy atom. The summed E-state index contributed by atoms with van der Waals surface area (Å²) in [5.74, 6) is -3.09. The quantitative estimate of drug-likeness (QED) is 0.193. The predicted molar refractivity (Wildman–Crippen MR) is 191 cm³/mol. The van der Waals surface area contributed by atoms with Crippen LogP contribution in [0.25, 0.3) is 22.3 Å². The lowest BCUT2D eigenvalue weighted by Gasteiger charge is -2.31. The van der Waals surface area contributed by atoms with Gasteiger partial charge in [-0.25, -0.2) is 26.9 Å². The molecule has 0 spiro atoms. The van der Waals surface area contributed by atoms with Crippen LogP contribution in [0.2, 0.25) is 0 Å². The highest BCUT2D eigenvalue weighted by Crippen LogP contribution is 2.49. The molecule has 268 valence electrons. The molecule has 1 aliphatic carbocycles. The average molecular weight is 720 g/mol. The number of halogens is 2. The molecule has 2 aliphatic rings. The van der Waals surface area contributed by atoms with Crippen LogP contribution in [-0.2, 0) is 39.9 Å². The maximum Gasteiger partial charge on any atom is 0.309 e. The average Bonchev–Trinajstić information content (AvgIpc) is 3.54. The van der Waals surface area contributed by atoms with Gasteiger partial charge in [0.15, 0.2) is 33.1 Å². The minimum Gasteiger partial charge on any atom is -0.481 e. The van der Waals surface area contributed by atoms with Crippen LogP contribution in [0.4, 0.5) is 8.78 Å². The Kier molecular flexibility index (Phi) is 7.69. The number of carboxylic acid groups (broad SMARTS) is 1. The molecule has 1 unspecified atom stereocenters. The standard InChI is InChI=1S/C39H42F2N4O5S/c1-37(2)13-6-14-38(3,25-8-5-7-24(19-25)22-39(15-16-39)36(46)47)35-43-34(45(4)44-35)29-20-26(9-10-30(29)40)50-33-28(12-18-51(48,49)23-37)27-11-17-42-32(27)21-31(33)41/h5,7-11,17,19-21,42H,6,12-16,18,22-23H2,1-4H3,(H,46,47)/i3D3. The number of rotatable bonds is 4. The van der Waals surface area contributed by atoms with Gasteiger partial charge in [-0.2, -0.15) is 5.10 Å². The summed E-state index contributed by atoms with van der Waals surface area (Å²) in [6.45, 7) is 0.865. The molecule has 1 atom stereocenters. The van der Waals surface area contributed by atoms with Gasteiger partial charge in [0.1, 0.15) is 11.6 Å². The SMILES string of the molecule is [2H]C([2H])([2H])C1(c2cccc(CC3(C(=O)O)CC3)c2)CCCC(C)(C)CS(=O)(=O)CCc2c(c(F)cc3[nH]ccc23)Oc2ccc(F)c(c2)-c2nc1nn2C. The van der Waals surface area contributed by atoms with Crippen LogP contribution in [0.3, 0.4) is 0 Å². The van der Waals surface area contributed by atoms with Gasteiger partial charge in [0.2, 0.25) is 0 Å². The van der Waals surface area contributed by atoms with Crippen molar-refractivity contribution in [1.29, 1.82) is 0 Å². The van der Waals surface area contributed by atoms with E-state index in [0.717, 1.165) is 6.07 Å². The fraction of sp³-hybridized carbons (Fsp3) is 0.410. The van der Waals surface area contributed by atoms with E-state index in [4.69, 9.17) is 13.8 Å². The topological polar surface area (TPSA) is 127 Å². The number of aliphatic carboxylic acids is 1. The number of hydrogen-bond acceptors (Lipinski definition) is 6. The molecular weight excluding hydrogens is 675 g/mol. The Bertz CT molecular complexity index is 2390. The highest BCUT2D eigenvalue weighted by molar-refractivity contribution is 7.91. The number of hydrogen-bond donors (Lipinski definition) is 2. The maximum absolute atomic E-state index is 15.8. The molecule has 3 aromatic carbocycles. The molecule has 3 heterocycles. The number of carbonyl (C=O) groups is 1. The number of nitrogens with zero attached hydrogens (tertiary/aromatic N) is 3.